The Morgan fingerprint density at radius 1 is 1.03 bits per heavy atom. The zero-order valence-electron chi connectivity index (χ0n) is 17.4. The van der Waals surface area contributed by atoms with Gasteiger partial charge in [-0.25, -0.2) is 4.98 Å². The number of hydrogen-bond donors (Lipinski definition) is 1. The van der Waals surface area contributed by atoms with Crippen molar-refractivity contribution in [3.8, 4) is 5.75 Å². The van der Waals surface area contributed by atoms with Gasteiger partial charge in [0.25, 0.3) is 5.91 Å². The van der Waals surface area contributed by atoms with E-state index in [1.54, 1.807) is 0 Å². The van der Waals surface area contributed by atoms with Crippen LogP contribution >= 0.6 is 0 Å². The maximum Gasteiger partial charge on any atom is 0.262 e. The van der Waals surface area contributed by atoms with Crippen LogP contribution in [0.5, 0.6) is 5.75 Å². The fourth-order valence-corrected chi connectivity index (χ4v) is 3.95. The molecule has 1 N–H and O–H groups in total. The smallest absolute Gasteiger partial charge is 0.262 e. The van der Waals surface area contributed by atoms with Crippen molar-refractivity contribution in [3.63, 3.8) is 0 Å². The number of hydrogen-bond acceptors (Lipinski definition) is 4. The van der Waals surface area contributed by atoms with Crippen molar-refractivity contribution in [2.45, 2.75) is 20.0 Å². The average molecular weight is 412 g/mol. The summed E-state index contributed by atoms with van der Waals surface area (Å²) in [6.45, 7) is 4.50. The van der Waals surface area contributed by atoms with Gasteiger partial charge in [0.2, 0.25) is 0 Å². The van der Waals surface area contributed by atoms with E-state index in [9.17, 15) is 4.79 Å². The number of ether oxygens (including phenoxy) is 1. The molecular weight excluding hydrogens is 388 g/mol. The van der Waals surface area contributed by atoms with Gasteiger partial charge < -0.3 is 19.5 Å². The number of carbonyl (C=O) groups is 1. The van der Waals surface area contributed by atoms with Crippen LogP contribution in [0, 0.1) is 6.92 Å². The second kappa shape index (κ2) is 8.14. The minimum Gasteiger partial charge on any atom is -0.484 e. The van der Waals surface area contributed by atoms with E-state index in [0.717, 1.165) is 47.9 Å². The largest absolute Gasteiger partial charge is 0.484 e. The summed E-state index contributed by atoms with van der Waals surface area (Å²) in [4.78, 5) is 19.4. The molecular formula is C25H24N4O2. The molecule has 6 nitrogen and oxygen atoms in total. The van der Waals surface area contributed by atoms with Crippen molar-refractivity contribution in [2.75, 3.05) is 23.4 Å². The molecule has 0 spiro atoms. The van der Waals surface area contributed by atoms with Gasteiger partial charge in [-0.15, -0.1) is 0 Å². The van der Waals surface area contributed by atoms with E-state index in [2.05, 4.69) is 39.0 Å². The number of fused-ring (bicyclic) bond motifs is 3. The highest BCUT2D eigenvalue weighted by molar-refractivity contribution is 5.92. The Bertz CT molecular complexity index is 1230. The van der Waals surface area contributed by atoms with Crippen LogP contribution < -0.4 is 15.0 Å². The molecule has 0 saturated heterocycles. The molecule has 31 heavy (non-hydrogen) atoms. The Morgan fingerprint density at radius 3 is 2.74 bits per heavy atom. The van der Waals surface area contributed by atoms with E-state index in [-0.39, 0.29) is 12.5 Å². The molecule has 2 heterocycles. The number of anilines is 2. The summed E-state index contributed by atoms with van der Waals surface area (Å²) < 4.78 is 7.87. The molecule has 0 atom stereocenters. The fourth-order valence-electron chi connectivity index (χ4n) is 3.95. The third-order valence-corrected chi connectivity index (χ3v) is 5.55. The molecule has 1 amide bonds. The van der Waals surface area contributed by atoms with Crippen molar-refractivity contribution >= 4 is 28.3 Å². The average Bonchev–Trinajstić information content (AvgIpc) is 3.17. The summed E-state index contributed by atoms with van der Waals surface area (Å²) >= 11 is 0. The van der Waals surface area contributed by atoms with Crippen LogP contribution in [0.15, 0.2) is 72.8 Å². The first kappa shape index (κ1) is 19.2. The highest BCUT2D eigenvalue weighted by Crippen LogP contribution is 2.26. The Kier molecular flexibility index (Phi) is 5.04. The molecule has 0 unspecified atom stereocenters. The van der Waals surface area contributed by atoms with E-state index >= 15 is 0 Å². The maximum absolute atomic E-state index is 12.3. The lowest BCUT2D eigenvalue weighted by Gasteiger charge is -2.30. The van der Waals surface area contributed by atoms with Gasteiger partial charge in [0.15, 0.2) is 6.61 Å². The van der Waals surface area contributed by atoms with Gasteiger partial charge in [-0.2, -0.15) is 0 Å². The Hall–Kier alpha value is -3.80. The fraction of sp³-hybridized carbons (Fsp3) is 0.200. The van der Waals surface area contributed by atoms with Gasteiger partial charge in [0, 0.05) is 24.5 Å². The number of nitrogens with zero attached hydrogens (tertiary/aromatic N) is 3. The van der Waals surface area contributed by atoms with Gasteiger partial charge in [-0.05, 0) is 49.4 Å². The number of para-hydroxylation sites is 2. The van der Waals surface area contributed by atoms with E-state index in [1.165, 1.54) is 5.52 Å². The lowest BCUT2D eigenvalue weighted by atomic mass is 10.2. The molecule has 0 saturated carbocycles. The Labute approximate surface area is 181 Å². The highest BCUT2D eigenvalue weighted by Gasteiger charge is 2.20. The summed E-state index contributed by atoms with van der Waals surface area (Å²) in [6, 6.07) is 23.8. The molecule has 1 aromatic heterocycles. The first-order chi connectivity index (χ1) is 15.2. The number of nitrogens with one attached hydrogen (secondary N) is 1. The monoisotopic (exact) mass is 412 g/mol. The zero-order valence-corrected chi connectivity index (χ0v) is 17.4. The molecule has 0 fully saturated rings. The summed E-state index contributed by atoms with van der Waals surface area (Å²) in [5.41, 5.74) is 5.20. The summed E-state index contributed by atoms with van der Waals surface area (Å²) in [7, 11) is 0. The predicted molar refractivity (Wildman–Crippen MR) is 123 cm³/mol. The van der Waals surface area contributed by atoms with Crippen LogP contribution in [-0.2, 0) is 17.9 Å². The number of carbonyl (C=O) groups excluding carboxylic acids is 1. The Balaban J connectivity index is 1.25. The standard InChI is InChI=1S/C25H24N4O2/c1-18-9-11-21(12-10-18)31-17-25(30)26-19-5-4-6-20(15-19)28-13-14-29-23-8-3-2-7-22(23)27-24(29)16-28/h2-12,15H,13-14,16-17H2,1H3,(H,26,30). The van der Waals surface area contributed by atoms with Crippen LogP contribution in [0.1, 0.15) is 11.4 Å². The highest BCUT2D eigenvalue weighted by atomic mass is 16.5. The van der Waals surface area contributed by atoms with Crippen LogP contribution in [0.25, 0.3) is 11.0 Å². The lowest BCUT2D eigenvalue weighted by Crippen LogP contribution is -2.33. The number of benzene rings is 3. The second-order valence-electron chi connectivity index (χ2n) is 7.79. The first-order valence-electron chi connectivity index (χ1n) is 10.4. The van der Waals surface area contributed by atoms with E-state index in [1.807, 2.05) is 55.5 Å². The molecule has 1 aliphatic heterocycles. The van der Waals surface area contributed by atoms with Crippen LogP contribution in [-0.4, -0.2) is 28.6 Å². The van der Waals surface area contributed by atoms with Crippen LogP contribution in [0.2, 0.25) is 0 Å². The number of aromatic nitrogens is 2. The zero-order chi connectivity index (χ0) is 21.2. The molecule has 4 aromatic rings. The van der Waals surface area contributed by atoms with Crippen molar-refractivity contribution in [1.29, 1.82) is 0 Å². The third kappa shape index (κ3) is 4.10. The molecule has 6 heteroatoms. The SMILES string of the molecule is Cc1ccc(OCC(=O)Nc2cccc(N3CCn4c(nc5ccccc54)C3)c2)cc1. The van der Waals surface area contributed by atoms with Gasteiger partial charge in [0.1, 0.15) is 11.6 Å². The van der Waals surface area contributed by atoms with Crippen molar-refractivity contribution in [3.05, 3.63) is 84.2 Å². The second-order valence-corrected chi connectivity index (χ2v) is 7.79. The van der Waals surface area contributed by atoms with Crippen molar-refractivity contribution in [2.24, 2.45) is 0 Å². The molecule has 5 rings (SSSR count). The third-order valence-electron chi connectivity index (χ3n) is 5.55. The molecule has 0 bridgehead atoms. The quantitative estimate of drug-likeness (QED) is 0.528. The normalized spacial score (nSPS) is 13.1. The first-order valence-corrected chi connectivity index (χ1v) is 10.4. The molecule has 1 aliphatic rings. The lowest BCUT2D eigenvalue weighted by molar-refractivity contribution is -0.118. The topological polar surface area (TPSA) is 59.4 Å². The maximum atomic E-state index is 12.3. The predicted octanol–water partition coefficient (Wildman–Crippen LogP) is 4.38. The molecule has 0 aliphatic carbocycles. The minimum absolute atomic E-state index is 0.0268. The van der Waals surface area contributed by atoms with E-state index in [4.69, 9.17) is 9.72 Å². The van der Waals surface area contributed by atoms with Gasteiger partial charge in [-0.1, -0.05) is 35.9 Å². The van der Waals surface area contributed by atoms with Gasteiger partial charge >= 0.3 is 0 Å². The van der Waals surface area contributed by atoms with Crippen molar-refractivity contribution in [1.82, 2.24) is 9.55 Å². The Morgan fingerprint density at radius 2 is 1.87 bits per heavy atom. The van der Waals surface area contributed by atoms with Gasteiger partial charge in [-0.3, -0.25) is 4.79 Å². The summed E-state index contributed by atoms with van der Waals surface area (Å²) in [6.07, 6.45) is 0. The van der Waals surface area contributed by atoms with E-state index < -0.39 is 0 Å². The van der Waals surface area contributed by atoms with Crippen molar-refractivity contribution < 1.29 is 9.53 Å². The number of aryl methyl sites for hydroxylation is 1. The summed E-state index contributed by atoms with van der Waals surface area (Å²) in [5.74, 6) is 1.57. The summed E-state index contributed by atoms with van der Waals surface area (Å²) in [5, 5.41) is 2.93. The van der Waals surface area contributed by atoms with Crippen LogP contribution in [0.4, 0.5) is 11.4 Å². The van der Waals surface area contributed by atoms with Crippen LogP contribution in [0.3, 0.4) is 0 Å². The number of imidazole rings is 1. The molecule has 0 radical (unpaired) electrons. The number of amides is 1. The number of rotatable bonds is 5. The van der Waals surface area contributed by atoms with Gasteiger partial charge in [0.05, 0.1) is 17.6 Å². The molecule has 3 aromatic carbocycles. The van der Waals surface area contributed by atoms with E-state index in [0.29, 0.717) is 5.75 Å². The molecule has 156 valence electrons. The minimum atomic E-state index is -0.182.